The summed E-state index contributed by atoms with van der Waals surface area (Å²) in [5.74, 6) is 0.808. The summed E-state index contributed by atoms with van der Waals surface area (Å²) in [5, 5.41) is 2.99. The maximum absolute atomic E-state index is 12.9. The molecule has 2 aromatic carbocycles. The number of likely N-dealkylation sites (tertiary alicyclic amines) is 1. The maximum Gasteiger partial charge on any atom is 0.255 e. The number of benzene rings is 2. The first-order valence-electron chi connectivity index (χ1n) is 11.3. The molecule has 0 spiro atoms. The van der Waals surface area contributed by atoms with E-state index in [0.717, 1.165) is 47.4 Å². The van der Waals surface area contributed by atoms with Crippen molar-refractivity contribution in [3.63, 3.8) is 0 Å². The third-order valence-corrected chi connectivity index (χ3v) is 5.81. The number of carbonyl (C=O) groups is 2. The summed E-state index contributed by atoms with van der Waals surface area (Å²) in [6, 6.07) is 15.2. The van der Waals surface area contributed by atoms with Crippen molar-refractivity contribution in [2.75, 3.05) is 11.9 Å². The number of rotatable bonds is 7. The highest BCUT2D eigenvalue weighted by Crippen LogP contribution is 2.26. The summed E-state index contributed by atoms with van der Waals surface area (Å²) >= 11 is 0. The van der Waals surface area contributed by atoms with E-state index in [-0.39, 0.29) is 11.8 Å². The fourth-order valence-corrected chi connectivity index (χ4v) is 4.15. The van der Waals surface area contributed by atoms with Gasteiger partial charge in [-0.25, -0.2) is 0 Å². The molecule has 33 heavy (non-hydrogen) atoms. The average molecular weight is 444 g/mol. The summed E-state index contributed by atoms with van der Waals surface area (Å²) < 4.78 is 6.00. The number of pyridine rings is 1. The van der Waals surface area contributed by atoms with Crippen LogP contribution < -0.4 is 10.1 Å². The first-order chi connectivity index (χ1) is 16.0. The first-order valence-corrected chi connectivity index (χ1v) is 11.3. The third-order valence-electron chi connectivity index (χ3n) is 5.81. The minimum atomic E-state index is -0.175. The van der Waals surface area contributed by atoms with Gasteiger partial charge in [0.15, 0.2) is 0 Å². The molecule has 6 heteroatoms. The highest BCUT2D eigenvalue weighted by molar-refractivity contribution is 6.04. The second-order valence-electron chi connectivity index (χ2n) is 8.52. The molecule has 0 atom stereocenters. The molecule has 0 radical (unpaired) electrons. The van der Waals surface area contributed by atoms with E-state index in [4.69, 9.17) is 4.74 Å². The maximum atomic E-state index is 12.9. The van der Waals surface area contributed by atoms with Gasteiger partial charge in [0.25, 0.3) is 5.91 Å². The standard InChI is InChI=1S/C27H29N3O3/c1-19-13-23(14-20(2)26(19)33-18-22-8-6-11-28-16-22)27(32)29-24-9-5-7-21(15-24)17-30-12-4-3-10-25(30)31/h5-9,11,13-16H,3-4,10,12,17-18H2,1-2H3,(H,29,32). The number of anilines is 1. The molecule has 1 aliphatic heterocycles. The van der Waals surface area contributed by atoms with Crippen LogP contribution in [-0.4, -0.2) is 28.2 Å². The van der Waals surface area contributed by atoms with Gasteiger partial charge in [-0.15, -0.1) is 0 Å². The molecule has 2 amide bonds. The van der Waals surface area contributed by atoms with Crippen molar-refractivity contribution < 1.29 is 14.3 Å². The summed E-state index contributed by atoms with van der Waals surface area (Å²) in [6.07, 6.45) is 6.15. The zero-order valence-electron chi connectivity index (χ0n) is 19.1. The van der Waals surface area contributed by atoms with Crippen LogP contribution >= 0.6 is 0 Å². The van der Waals surface area contributed by atoms with Crippen LogP contribution in [-0.2, 0) is 17.9 Å². The Hall–Kier alpha value is -3.67. The molecule has 0 aliphatic carbocycles. The van der Waals surface area contributed by atoms with Gasteiger partial charge in [-0.2, -0.15) is 0 Å². The molecule has 1 aliphatic rings. The third kappa shape index (κ3) is 5.77. The molecule has 1 N–H and O–H groups in total. The molecular formula is C27H29N3O3. The lowest BCUT2D eigenvalue weighted by molar-refractivity contribution is -0.133. The van der Waals surface area contributed by atoms with Crippen molar-refractivity contribution >= 4 is 17.5 Å². The Morgan fingerprint density at radius 2 is 1.85 bits per heavy atom. The van der Waals surface area contributed by atoms with E-state index in [0.29, 0.717) is 30.8 Å². The largest absolute Gasteiger partial charge is 0.488 e. The molecule has 1 aromatic heterocycles. The molecule has 0 unspecified atom stereocenters. The van der Waals surface area contributed by atoms with Crippen LogP contribution in [0.3, 0.4) is 0 Å². The predicted octanol–water partition coefficient (Wildman–Crippen LogP) is 5.04. The van der Waals surface area contributed by atoms with Crippen molar-refractivity contribution in [1.29, 1.82) is 0 Å². The lowest BCUT2D eigenvalue weighted by Gasteiger charge is -2.26. The number of hydrogen-bond donors (Lipinski definition) is 1. The van der Waals surface area contributed by atoms with E-state index >= 15 is 0 Å². The molecule has 3 aromatic rings. The van der Waals surface area contributed by atoms with Gasteiger partial charge in [-0.3, -0.25) is 14.6 Å². The SMILES string of the molecule is Cc1cc(C(=O)Nc2cccc(CN3CCCCC3=O)c2)cc(C)c1OCc1cccnc1. The van der Waals surface area contributed by atoms with Gasteiger partial charge in [0, 0.05) is 48.7 Å². The van der Waals surface area contributed by atoms with Crippen LogP contribution in [0.25, 0.3) is 0 Å². The average Bonchev–Trinajstić information content (AvgIpc) is 2.81. The molecule has 4 rings (SSSR count). The normalized spacial score (nSPS) is 13.6. The Labute approximate surface area is 194 Å². The van der Waals surface area contributed by atoms with Gasteiger partial charge in [0.1, 0.15) is 12.4 Å². The highest BCUT2D eigenvalue weighted by atomic mass is 16.5. The number of aromatic nitrogens is 1. The Bertz CT molecular complexity index is 1120. The number of ether oxygens (including phenoxy) is 1. The number of piperidine rings is 1. The predicted molar refractivity (Wildman–Crippen MR) is 128 cm³/mol. The van der Waals surface area contributed by atoms with Crippen molar-refractivity contribution in [2.45, 2.75) is 46.3 Å². The van der Waals surface area contributed by atoms with Crippen LogP contribution in [0.1, 0.15) is 51.9 Å². The van der Waals surface area contributed by atoms with Gasteiger partial charge >= 0.3 is 0 Å². The number of amides is 2. The van der Waals surface area contributed by atoms with Crippen LogP contribution in [0.2, 0.25) is 0 Å². The van der Waals surface area contributed by atoms with Crippen LogP contribution in [0.15, 0.2) is 60.9 Å². The monoisotopic (exact) mass is 443 g/mol. The molecule has 170 valence electrons. The van der Waals surface area contributed by atoms with E-state index in [1.807, 2.05) is 67.3 Å². The molecular weight excluding hydrogens is 414 g/mol. The van der Waals surface area contributed by atoms with Crippen LogP contribution in [0.4, 0.5) is 5.69 Å². The van der Waals surface area contributed by atoms with Crippen molar-refractivity contribution in [3.8, 4) is 5.75 Å². The second kappa shape index (κ2) is 10.3. The summed E-state index contributed by atoms with van der Waals surface area (Å²) in [7, 11) is 0. The number of carbonyl (C=O) groups excluding carboxylic acids is 2. The zero-order valence-corrected chi connectivity index (χ0v) is 19.1. The summed E-state index contributed by atoms with van der Waals surface area (Å²) in [6.45, 7) is 5.68. The van der Waals surface area contributed by atoms with Crippen molar-refractivity contribution in [2.24, 2.45) is 0 Å². The number of nitrogens with zero attached hydrogens (tertiary/aromatic N) is 2. The molecule has 2 heterocycles. The van der Waals surface area contributed by atoms with Gasteiger partial charge in [-0.1, -0.05) is 18.2 Å². The second-order valence-corrected chi connectivity index (χ2v) is 8.52. The molecule has 1 fully saturated rings. The van der Waals surface area contributed by atoms with E-state index in [9.17, 15) is 9.59 Å². The Morgan fingerprint density at radius 3 is 2.58 bits per heavy atom. The smallest absolute Gasteiger partial charge is 0.255 e. The van der Waals surface area contributed by atoms with Crippen LogP contribution in [0.5, 0.6) is 5.75 Å². The quantitative estimate of drug-likeness (QED) is 0.555. The lowest BCUT2D eigenvalue weighted by atomic mass is 10.0. The Balaban J connectivity index is 1.42. The highest BCUT2D eigenvalue weighted by Gasteiger charge is 2.18. The van der Waals surface area contributed by atoms with E-state index < -0.39 is 0 Å². The van der Waals surface area contributed by atoms with Crippen LogP contribution in [0, 0.1) is 13.8 Å². The minimum absolute atomic E-state index is 0.175. The topological polar surface area (TPSA) is 71.5 Å². The van der Waals surface area contributed by atoms with E-state index in [1.54, 1.807) is 12.4 Å². The zero-order chi connectivity index (χ0) is 23.2. The summed E-state index contributed by atoms with van der Waals surface area (Å²) in [4.78, 5) is 31.0. The molecule has 1 saturated heterocycles. The molecule has 6 nitrogen and oxygen atoms in total. The first kappa shape index (κ1) is 22.5. The fourth-order valence-electron chi connectivity index (χ4n) is 4.15. The van der Waals surface area contributed by atoms with Crippen molar-refractivity contribution in [1.82, 2.24) is 9.88 Å². The molecule has 0 bridgehead atoms. The minimum Gasteiger partial charge on any atom is -0.488 e. The van der Waals surface area contributed by atoms with Gasteiger partial charge in [0.2, 0.25) is 5.91 Å². The molecule has 0 saturated carbocycles. The number of nitrogens with one attached hydrogen (secondary N) is 1. The Kier molecular flexibility index (Phi) is 7.03. The van der Waals surface area contributed by atoms with Crippen molar-refractivity contribution in [3.05, 3.63) is 88.7 Å². The Morgan fingerprint density at radius 1 is 1.06 bits per heavy atom. The lowest BCUT2D eigenvalue weighted by Crippen LogP contribution is -2.34. The van der Waals surface area contributed by atoms with Gasteiger partial charge in [-0.05, 0) is 73.7 Å². The van der Waals surface area contributed by atoms with E-state index in [1.165, 1.54) is 0 Å². The van der Waals surface area contributed by atoms with Gasteiger partial charge in [0.05, 0.1) is 0 Å². The van der Waals surface area contributed by atoms with Gasteiger partial charge < -0.3 is 15.0 Å². The summed E-state index contributed by atoms with van der Waals surface area (Å²) in [5.41, 5.74) is 5.10. The van der Waals surface area contributed by atoms with E-state index in [2.05, 4.69) is 10.3 Å². The number of aryl methyl sites for hydroxylation is 2. The number of hydrogen-bond acceptors (Lipinski definition) is 4. The fraction of sp³-hybridized carbons (Fsp3) is 0.296.